The number of benzene rings is 1. The molecule has 0 unspecified atom stereocenters. The van der Waals surface area contributed by atoms with E-state index < -0.39 is 0 Å². The van der Waals surface area contributed by atoms with Crippen LogP contribution >= 0.6 is 35.7 Å². The number of guanidine groups is 1. The molecule has 0 heterocycles. The summed E-state index contributed by atoms with van der Waals surface area (Å²) in [6, 6.07) is 4.99. The van der Waals surface area contributed by atoms with Crippen molar-refractivity contribution in [1.82, 2.24) is 10.6 Å². The van der Waals surface area contributed by atoms with Gasteiger partial charge in [0.15, 0.2) is 5.96 Å². The Morgan fingerprint density at radius 1 is 1.31 bits per heavy atom. The maximum absolute atomic E-state index is 13.4. The zero-order valence-corrected chi connectivity index (χ0v) is 19.1. The molecule has 1 aromatic carbocycles. The van der Waals surface area contributed by atoms with Gasteiger partial charge in [0.25, 0.3) is 0 Å². The minimum atomic E-state index is -0.180. The molecular weight excluding hydrogens is 464 g/mol. The van der Waals surface area contributed by atoms with Crippen molar-refractivity contribution in [2.75, 3.05) is 33.1 Å². The molecule has 4 nitrogen and oxygen atoms in total. The molecule has 148 valence electrons. The summed E-state index contributed by atoms with van der Waals surface area (Å²) in [7, 11) is 1.78. The van der Waals surface area contributed by atoms with Crippen LogP contribution in [-0.4, -0.2) is 39.0 Å². The third-order valence-electron chi connectivity index (χ3n) is 4.71. The smallest absolute Gasteiger partial charge is 0.191 e. The second-order valence-electron chi connectivity index (χ2n) is 6.57. The normalized spacial score (nSPS) is 15.3. The van der Waals surface area contributed by atoms with Crippen molar-refractivity contribution in [2.45, 2.75) is 38.5 Å². The summed E-state index contributed by atoms with van der Waals surface area (Å²) in [5.41, 5.74) is 2.51. The minimum absolute atomic E-state index is 0. The number of halogens is 2. The molecule has 2 rings (SSSR count). The number of thioether (sulfide) groups is 1. The molecule has 0 atom stereocenters. The van der Waals surface area contributed by atoms with Gasteiger partial charge in [0.1, 0.15) is 5.82 Å². The number of rotatable bonds is 10. The van der Waals surface area contributed by atoms with E-state index in [0.29, 0.717) is 12.0 Å². The average molecular weight is 495 g/mol. The van der Waals surface area contributed by atoms with E-state index in [0.717, 1.165) is 49.0 Å². The first-order valence-corrected chi connectivity index (χ1v) is 10.3. The SMILES string of the molecule is CCOCCC1(CNC(=NC)NCc2ccc(F)cc2CSC)CC1.I. The fraction of sp³-hybridized carbons (Fsp3) is 0.632. The van der Waals surface area contributed by atoms with E-state index in [1.807, 2.05) is 19.2 Å². The third-order valence-corrected chi connectivity index (χ3v) is 5.31. The number of hydrogen-bond acceptors (Lipinski definition) is 3. The van der Waals surface area contributed by atoms with Gasteiger partial charge >= 0.3 is 0 Å². The number of aliphatic imine (C=N–C) groups is 1. The second-order valence-corrected chi connectivity index (χ2v) is 7.44. The Morgan fingerprint density at radius 3 is 2.69 bits per heavy atom. The molecule has 2 N–H and O–H groups in total. The van der Waals surface area contributed by atoms with Crippen molar-refractivity contribution in [3.8, 4) is 0 Å². The maximum Gasteiger partial charge on any atom is 0.191 e. The fourth-order valence-corrected chi connectivity index (χ4v) is 3.43. The lowest BCUT2D eigenvalue weighted by Gasteiger charge is -2.19. The van der Waals surface area contributed by atoms with Crippen LogP contribution in [0.3, 0.4) is 0 Å². The molecule has 1 aromatic rings. The summed E-state index contributed by atoms with van der Waals surface area (Å²) < 4.78 is 18.9. The van der Waals surface area contributed by atoms with Gasteiger partial charge in [0.2, 0.25) is 0 Å². The van der Waals surface area contributed by atoms with E-state index in [1.165, 1.54) is 18.9 Å². The number of nitrogens with zero attached hydrogens (tertiary/aromatic N) is 1. The Morgan fingerprint density at radius 2 is 2.08 bits per heavy atom. The van der Waals surface area contributed by atoms with Gasteiger partial charge in [0, 0.05) is 39.1 Å². The molecule has 1 fully saturated rings. The third kappa shape index (κ3) is 7.60. The highest BCUT2D eigenvalue weighted by Crippen LogP contribution is 2.48. The Bertz CT molecular complexity index is 582. The summed E-state index contributed by atoms with van der Waals surface area (Å²) >= 11 is 1.70. The topological polar surface area (TPSA) is 45.6 Å². The monoisotopic (exact) mass is 495 g/mol. The van der Waals surface area contributed by atoms with Crippen molar-refractivity contribution < 1.29 is 9.13 Å². The van der Waals surface area contributed by atoms with Gasteiger partial charge in [-0.2, -0.15) is 11.8 Å². The first-order valence-electron chi connectivity index (χ1n) is 8.91. The van der Waals surface area contributed by atoms with Crippen LogP contribution < -0.4 is 10.6 Å². The first-order chi connectivity index (χ1) is 12.1. The van der Waals surface area contributed by atoms with E-state index >= 15 is 0 Å². The largest absolute Gasteiger partial charge is 0.382 e. The molecule has 0 saturated heterocycles. The lowest BCUT2D eigenvalue weighted by Crippen LogP contribution is -2.40. The van der Waals surface area contributed by atoms with Crippen molar-refractivity contribution >= 4 is 41.7 Å². The van der Waals surface area contributed by atoms with Crippen LogP contribution in [0, 0.1) is 11.2 Å². The molecule has 1 aliphatic carbocycles. The molecule has 26 heavy (non-hydrogen) atoms. The molecule has 7 heteroatoms. The highest BCUT2D eigenvalue weighted by atomic mass is 127. The van der Waals surface area contributed by atoms with Crippen molar-refractivity contribution in [3.63, 3.8) is 0 Å². The van der Waals surface area contributed by atoms with E-state index in [2.05, 4.69) is 15.6 Å². The molecule has 0 radical (unpaired) electrons. The summed E-state index contributed by atoms with van der Waals surface area (Å²) in [4.78, 5) is 4.31. The summed E-state index contributed by atoms with van der Waals surface area (Å²) in [6.45, 7) is 5.20. The zero-order valence-electron chi connectivity index (χ0n) is 15.9. The van der Waals surface area contributed by atoms with Gasteiger partial charge in [-0.25, -0.2) is 4.39 Å². The predicted molar refractivity (Wildman–Crippen MR) is 120 cm³/mol. The van der Waals surface area contributed by atoms with Crippen molar-refractivity contribution in [2.24, 2.45) is 10.4 Å². The zero-order chi connectivity index (χ0) is 18.1. The van der Waals surface area contributed by atoms with E-state index in [-0.39, 0.29) is 29.8 Å². The van der Waals surface area contributed by atoms with E-state index in [9.17, 15) is 4.39 Å². The fourth-order valence-electron chi connectivity index (χ4n) is 2.85. The number of nitrogens with one attached hydrogen (secondary N) is 2. The highest BCUT2D eigenvalue weighted by molar-refractivity contribution is 14.0. The van der Waals surface area contributed by atoms with Crippen LogP contribution in [-0.2, 0) is 17.0 Å². The van der Waals surface area contributed by atoms with Crippen LogP contribution in [0.1, 0.15) is 37.3 Å². The lowest BCUT2D eigenvalue weighted by molar-refractivity contribution is 0.128. The van der Waals surface area contributed by atoms with Crippen LogP contribution in [0.2, 0.25) is 0 Å². The highest BCUT2D eigenvalue weighted by Gasteiger charge is 2.41. The lowest BCUT2D eigenvalue weighted by atomic mass is 10.0. The first kappa shape index (κ1) is 23.5. The maximum atomic E-state index is 13.4. The van der Waals surface area contributed by atoms with Gasteiger partial charge in [-0.3, -0.25) is 4.99 Å². The summed E-state index contributed by atoms with van der Waals surface area (Å²) in [5, 5.41) is 6.78. The van der Waals surface area contributed by atoms with Gasteiger partial charge in [0.05, 0.1) is 0 Å². The molecule has 0 bridgehead atoms. The molecule has 0 aromatic heterocycles. The van der Waals surface area contributed by atoms with Crippen LogP contribution in [0.4, 0.5) is 4.39 Å². The Labute approximate surface area is 178 Å². The van der Waals surface area contributed by atoms with E-state index in [1.54, 1.807) is 24.9 Å². The molecule has 0 spiro atoms. The minimum Gasteiger partial charge on any atom is -0.382 e. The average Bonchev–Trinajstić information content (AvgIpc) is 3.37. The van der Waals surface area contributed by atoms with Gasteiger partial charge in [-0.15, -0.1) is 24.0 Å². The van der Waals surface area contributed by atoms with Gasteiger partial charge < -0.3 is 15.4 Å². The van der Waals surface area contributed by atoms with Gasteiger partial charge in [-0.1, -0.05) is 6.07 Å². The molecular formula is C19H31FIN3OS. The van der Waals surface area contributed by atoms with Crippen LogP contribution in [0.15, 0.2) is 23.2 Å². The molecule has 1 saturated carbocycles. The molecule has 0 aliphatic heterocycles. The Balaban J connectivity index is 0.00000338. The van der Waals surface area contributed by atoms with Crippen molar-refractivity contribution in [1.29, 1.82) is 0 Å². The number of hydrogen-bond donors (Lipinski definition) is 2. The molecule has 0 amide bonds. The van der Waals surface area contributed by atoms with Crippen molar-refractivity contribution in [3.05, 3.63) is 35.1 Å². The van der Waals surface area contributed by atoms with E-state index in [4.69, 9.17) is 4.74 Å². The second kappa shape index (κ2) is 12.0. The summed E-state index contributed by atoms with van der Waals surface area (Å²) in [6.07, 6.45) is 5.63. The van der Waals surface area contributed by atoms with Crippen LogP contribution in [0.25, 0.3) is 0 Å². The Hall–Kier alpha value is -0.540. The standard InChI is InChI=1S/C19H30FN3OS.HI/c1-4-24-10-9-19(7-8-19)14-23-18(21-2)22-12-15-5-6-17(20)11-16(15)13-25-3;/h5-6,11H,4,7-10,12-14H2,1-3H3,(H2,21,22,23);1H. The predicted octanol–water partition coefficient (Wildman–Crippen LogP) is 4.18. The number of ether oxygens (including phenoxy) is 1. The van der Waals surface area contributed by atoms with Gasteiger partial charge in [-0.05, 0) is 61.1 Å². The summed E-state index contributed by atoms with van der Waals surface area (Å²) in [5.74, 6) is 1.42. The molecule has 1 aliphatic rings. The van der Waals surface area contributed by atoms with Crippen LogP contribution in [0.5, 0.6) is 0 Å². The Kier molecular flexibility index (Phi) is 10.9. The quantitative estimate of drug-likeness (QED) is 0.221.